The highest BCUT2D eigenvalue weighted by Gasteiger charge is 2.31. The van der Waals surface area contributed by atoms with Gasteiger partial charge in [-0.1, -0.05) is 0 Å². The molecule has 0 bridgehead atoms. The fourth-order valence-electron chi connectivity index (χ4n) is 1.98. The Balaban J connectivity index is 1.97. The molecule has 10 nitrogen and oxygen atoms in total. The van der Waals surface area contributed by atoms with Crippen molar-refractivity contribution in [2.45, 2.75) is 12.2 Å². The summed E-state index contributed by atoms with van der Waals surface area (Å²) in [5.41, 5.74) is 2.36. The van der Waals surface area contributed by atoms with Crippen LogP contribution in [0.4, 0.5) is 11.9 Å². The van der Waals surface area contributed by atoms with Crippen molar-refractivity contribution in [1.29, 1.82) is 0 Å². The molecule has 3 rings (SSSR count). The van der Waals surface area contributed by atoms with Crippen LogP contribution >= 0.6 is 0 Å². The molecule has 1 aliphatic rings. The summed E-state index contributed by atoms with van der Waals surface area (Å²) < 4.78 is 1.47. The summed E-state index contributed by atoms with van der Waals surface area (Å²) in [4.78, 5) is 14.1. The molecule has 0 aromatic carbocycles. The van der Waals surface area contributed by atoms with Crippen LogP contribution < -0.4 is 16.2 Å². The van der Waals surface area contributed by atoms with Gasteiger partial charge in [0, 0.05) is 25.5 Å². The fraction of sp³-hybridized carbons (Fsp3) is 0.400. The molecule has 2 unspecified atom stereocenters. The second-order valence-corrected chi connectivity index (χ2v) is 4.39. The molecule has 0 spiro atoms. The average molecular weight is 278 g/mol. The van der Waals surface area contributed by atoms with Gasteiger partial charge < -0.3 is 15.1 Å². The van der Waals surface area contributed by atoms with Gasteiger partial charge in [-0.2, -0.15) is 20.1 Å². The first-order valence-electron chi connectivity index (χ1n) is 6.01. The Hall–Kier alpha value is -2.30. The maximum atomic E-state index is 9.59. The second kappa shape index (κ2) is 5.00. The average Bonchev–Trinajstić information content (AvgIpc) is 3.09. The molecule has 10 heteroatoms. The maximum absolute atomic E-state index is 9.59. The van der Waals surface area contributed by atoms with E-state index in [1.165, 1.54) is 4.68 Å². The van der Waals surface area contributed by atoms with Crippen molar-refractivity contribution in [3.05, 3.63) is 18.5 Å². The van der Waals surface area contributed by atoms with Gasteiger partial charge in [-0.25, -0.2) is 10.5 Å². The van der Waals surface area contributed by atoms with Gasteiger partial charge in [-0.15, -0.1) is 0 Å². The molecule has 0 amide bonds. The van der Waals surface area contributed by atoms with Gasteiger partial charge in [0.05, 0.1) is 12.2 Å². The van der Waals surface area contributed by atoms with Crippen LogP contribution in [0.5, 0.6) is 0 Å². The van der Waals surface area contributed by atoms with Crippen molar-refractivity contribution in [1.82, 2.24) is 24.7 Å². The van der Waals surface area contributed by atoms with Gasteiger partial charge >= 0.3 is 0 Å². The fourth-order valence-corrected chi connectivity index (χ4v) is 1.98. The van der Waals surface area contributed by atoms with Gasteiger partial charge in [-0.05, 0) is 6.07 Å². The standard InChI is InChI=1S/C10H14N8O2/c11-16-8-13-9(17-4-6(19)7(20)5-17)15-10(14-8)18-3-1-2-12-18/h1-3,6-7,19-20H,4-5,11H2,(H,13,14,15,16). The minimum atomic E-state index is -0.825. The summed E-state index contributed by atoms with van der Waals surface area (Å²) in [6.45, 7) is 0.488. The summed E-state index contributed by atoms with van der Waals surface area (Å²) in [6, 6.07) is 1.74. The first kappa shape index (κ1) is 12.7. The normalized spacial score (nSPS) is 22.2. The molecule has 1 saturated heterocycles. The molecule has 2 atom stereocenters. The zero-order chi connectivity index (χ0) is 14.1. The Morgan fingerprint density at radius 2 is 1.85 bits per heavy atom. The molecule has 2 aromatic heterocycles. The number of hydrazine groups is 1. The number of aliphatic hydroxyl groups excluding tert-OH is 2. The van der Waals surface area contributed by atoms with Crippen LogP contribution in [0.2, 0.25) is 0 Å². The lowest BCUT2D eigenvalue weighted by atomic mass is 10.3. The number of nitrogens with one attached hydrogen (secondary N) is 1. The molecule has 0 saturated carbocycles. The van der Waals surface area contributed by atoms with Crippen molar-refractivity contribution in [2.24, 2.45) is 5.84 Å². The van der Waals surface area contributed by atoms with Crippen LogP contribution in [-0.2, 0) is 0 Å². The third-order valence-corrected chi connectivity index (χ3v) is 2.99. The van der Waals surface area contributed by atoms with Crippen LogP contribution in [0.25, 0.3) is 5.95 Å². The highest BCUT2D eigenvalue weighted by molar-refractivity contribution is 5.41. The number of hydrogen-bond donors (Lipinski definition) is 4. The Bertz CT molecular complexity index is 579. The summed E-state index contributed by atoms with van der Waals surface area (Å²) in [7, 11) is 0. The summed E-state index contributed by atoms with van der Waals surface area (Å²) in [6.07, 6.45) is 1.64. The summed E-state index contributed by atoms with van der Waals surface area (Å²) in [5, 5.41) is 23.2. The molecule has 3 heterocycles. The SMILES string of the molecule is NNc1nc(N2CC(O)C(O)C2)nc(-n2cccn2)n1. The number of aliphatic hydroxyl groups is 2. The smallest absolute Gasteiger partial charge is 0.257 e. The number of hydrogen-bond acceptors (Lipinski definition) is 9. The Labute approximate surface area is 113 Å². The van der Waals surface area contributed by atoms with E-state index in [9.17, 15) is 10.2 Å². The number of anilines is 2. The van der Waals surface area contributed by atoms with Crippen LogP contribution in [0, 0.1) is 0 Å². The second-order valence-electron chi connectivity index (χ2n) is 4.39. The Kier molecular flexibility index (Phi) is 3.18. The van der Waals surface area contributed by atoms with Gasteiger partial charge in [0.1, 0.15) is 0 Å². The van der Waals surface area contributed by atoms with Crippen LogP contribution in [0.3, 0.4) is 0 Å². The zero-order valence-corrected chi connectivity index (χ0v) is 10.5. The third-order valence-electron chi connectivity index (χ3n) is 2.99. The van der Waals surface area contributed by atoms with Crippen LogP contribution in [0.15, 0.2) is 18.5 Å². The first-order chi connectivity index (χ1) is 9.67. The molecular formula is C10H14N8O2. The van der Waals surface area contributed by atoms with Crippen molar-refractivity contribution >= 4 is 11.9 Å². The molecule has 20 heavy (non-hydrogen) atoms. The number of nitrogens with zero attached hydrogens (tertiary/aromatic N) is 6. The molecule has 1 aliphatic heterocycles. The van der Waals surface area contributed by atoms with Gasteiger partial charge in [0.25, 0.3) is 5.95 Å². The summed E-state index contributed by atoms with van der Waals surface area (Å²) in [5.74, 6) is 6.13. The molecule has 0 radical (unpaired) electrons. The number of nitrogen functional groups attached to an aromatic ring is 1. The lowest BCUT2D eigenvalue weighted by molar-refractivity contribution is 0.0572. The highest BCUT2D eigenvalue weighted by atomic mass is 16.3. The highest BCUT2D eigenvalue weighted by Crippen LogP contribution is 2.18. The molecule has 106 valence electrons. The van der Waals surface area contributed by atoms with E-state index in [0.717, 1.165) is 0 Å². The maximum Gasteiger partial charge on any atom is 0.257 e. The molecule has 1 fully saturated rings. The number of β-amino-alcohol motifs (C(OH)–C–C–N with tert-alkyl or cyclic N) is 2. The van der Waals surface area contributed by atoms with E-state index >= 15 is 0 Å². The van der Waals surface area contributed by atoms with Gasteiger partial charge in [0.15, 0.2) is 0 Å². The van der Waals surface area contributed by atoms with Gasteiger partial charge in [0.2, 0.25) is 11.9 Å². The van der Waals surface area contributed by atoms with E-state index in [-0.39, 0.29) is 19.0 Å². The van der Waals surface area contributed by atoms with Crippen molar-refractivity contribution < 1.29 is 10.2 Å². The first-order valence-corrected chi connectivity index (χ1v) is 6.01. The van der Waals surface area contributed by atoms with E-state index in [1.54, 1.807) is 23.4 Å². The van der Waals surface area contributed by atoms with E-state index in [2.05, 4.69) is 25.5 Å². The van der Waals surface area contributed by atoms with E-state index < -0.39 is 12.2 Å². The van der Waals surface area contributed by atoms with E-state index in [4.69, 9.17) is 5.84 Å². The number of nitrogens with two attached hydrogens (primary N) is 1. The topological polar surface area (TPSA) is 138 Å². The lowest BCUT2D eigenvalue weighted by Gasteiger charge is -2.16. The monoisotopic (exact) mass is 278 g/mol. The molecule has 2 aromatic rings. The predicted octanol–water partition coefficient (Wildman–Crippen LogP) is -2.12. The van der Waals surface area contributed by atoms with Crippen molar-refractivity contribution in [3.63, 3.8) is 0 Å². The number of aromatic nitrogens is 5. The largest absolute Gasteiger partial charge is 0.388 e. The Morgan fingerprint density at radius 1 is 1.15 bits per heavy atom. The molecular weight excluding hydrogens is 264 g/mol. The third kappa shape index (κ3) is 2.27. The van der Waals surface area contributed by atoms with E-state index in [0.29, 0.717) is 11.9 Å². The van der Waals surface area contributed by atoms with E-state index in [1.807, 2.05) is 0 Å². The predicted molar refractivity (Wildman–Crippen MR) is 69.0 cm³/mol. The van der Waals surface area contributed by atoms with Crippen LogP contribution in [0.1, 0.15) is 0 Å². The molecule has 5 N–H and O–H groups in total. The zero-order valence-electron chi connectivity index (χ0n) is 10.5. The van der Waals surface area contributed by atoms with Crippen molar-refractivity contribution in [2.75, 3.05) is 23.4 Å². The molecule has 0 aliphatic carbocycles. The van der Waals surface area contributed by atoms with Crippen LogP contribution in [-0.4, -0.2) is 60.2 Å². The van der Waals surface area contributed by atoms with Gasteiger partial charge in [-0.3, -0.25) is 5.43 Å². The minimum Gasteiger partial charge on any atom is -0.388 e. The lowest BCUT2D eigenvalue weighted by Crippen LogP contribution is -2.25. The summed E-state index contributed by atoms with van der Waals surface area (Å²) >= 11 is 0. The quantitative estimate of drug-likeness (QED) is 0.367. The Morgan fingerprint density at radius 3 is 2.45 bits per heavy atom. The minimum absolute atomic E-state index is 0.177. The van der Waals surface area contributed by atoms with Crippen molar-refractivity contribution in [3.8, 4) is 5.95 Å². The number of rotatable bonds is 3.